The minimum atomic E-state index is -3.34. The zero-order valence-corrected chi connectivity index (χ0v) is 13.1. The summed E-state index contributed by atoms with van der Waals surface area (Å²) in [5.41, 5.74) is 0.826. The molecule has 3 rings (SSSR count). The molecule has 0 atom stereocenters. The van der Waals surface area contributed by atoms with Gasteiger partial charge in [0.15, 0.2) is 21.3 Å². The topological polar surface area (TPSA) is 55.8 Å². The third-order valence-corrected chi connectivity index (χ3v) is 5.28. The molecule has 0 bridgehead atoms. The lowest BCUT2D eigenvalue weighted by molar-refractivity contribution is 0.172. The van der Waals surface area contributed by atoms with Gasteiger partial charge in [0.2, 0.25) is 6.79 Å². The van der Waals surface area contributed by atoms with Crippen LogP contribution in [0.5, 0.6) is 11.5 Å². The van der Waals surface area contributed by atoms with Crippen molar-refractivity contribution in [2.75, 3.05) is 32.7 Å². The van der Waals surface area contributed by atoms with E-state index in [2.05, 4.69) is 4.90 Å². The Balaban J connectivity index is 1.84. The van der Waals surface area contributed by atoms with Crippen molar-refractivity contribution in [2.24, 2.45) is 0 Å². The van der Waals surface area contributed by atoms with Crippen molar-refractivity contribution < 1.29 is 17.9 Å². The molecule has 1 fully saturated rings. The van der Waals surface area contributed by atoms with Crippen molar-refractivity contribution in [2.45, 2.75) is 30.6 Å². The van der Waals surface area contributed by atoms with E-state index in [9.17, 15) is 8.42 Å². The van der Waals surface area contributed by atoms with Crippen molar-refractivity contribution in [3.8, 4) is 11.5 Å². The van der Waals surface area contributed by atoms with E-state index in [0.29, 0.717) is 16.4 Å². The largest absolute Gasteiger partial charge is 0.454 e. The predicted molar refractivity (Wildman–Crippen MR) is 79.7 cm³/mol. The maximum absolute atomic E-state index is 12.1. The van der Waals surface area contributed by atoms with Crippen LogP contribution in [0.4, 0.5) is 0 Å². The fraction of sp³-hybridized carbons (Fsp3) is 0.600. The quantitative estimate of drug-likeness (QED) is 0.849. The first-order valence-electron chi connectivity index (χ1n) is 7.39. The Bertz CT molecular complexity index is 621. The van der Waals surface area contributed by atoms with Crippen LogP contribution >= 0.6 is 0 Å². The van der Waals surface area contributed by atoms with Crippen molar-refractivity contribution in [1.29, 1.82) is 0 Å². The Morgan fingerprint density at radius 2 is 1.90 bits per heavy atom. The van der Waals surface area contributed by atoms with Crippen molar-refractivity contribution >= 4 is 9.84 Å². The Kier molecular flexibility index (Phi) is 4.08. The number of fused-ring (bicyclic) bond motifs is 1. The van der Waals surface area contributed by atoms with Crippen LogP contribution in [0.15, 0.2) is 17.0 Å². The highest BCUT2D eigenvalue weighted by molar-refractivity contribution is 7.90. The maximum atomic E-state index is 12.1. The van der Waals surface area contributed by atoms with Crippen LogP contribution in [0, 0.1) is 0 Å². The number of sulfone groups is 1. The summed E-state index contributed by atoms with van der Waals surface area (Å²) in [4.78, 5) is 2.70. The second kappa shape index (κ2) is 5.85. The van der Waals surface area contributed by atoms with E-state index in [0.717, 1.165) is 31.6 Å². The van der Waals surface area contributed by atoms with E-state index in [-0.39, 0.29) is 6.79 Å². The van der Waals surface area contributed by atoms with Gasteiger partial charge >= 0.3 is 0 Å². The van der Waals surface area contributed by atoms with Crippen molar-refractivity contribution in [3.63, 3.8) is 0 Å². The van der Waals surface area contributed by atoms with Crippen molar-refractivity contribution in [3.05, 3.63) is 17.7 Å². The van der Waals surface area contributed by atoms with Gasteiger partial charge < -0.3 is 14.4 Å². The molecule has 5 nitrogen and oxygen atoms in total. The molecule has 0 radical (unpaired) electrons. The molecule has 0 saturated carbocycles. The molecule has 1 aromatic carbocycles. The Hall–Kier alpha value is -1.27. The molecule has 0 spiro atoms. The van der Waals surface area contributed by atoms with E-state index >= 15 is 0 Å². The van der Waals surface area contributed by atoms with Gasteiger partial charge in [-0.15, -0.1) is 0 Å². The van der Waals surface area contributed by atoms with Gasteiger partial charge in [0.05, 0.1) is 0 Å². The van der Waals surface area contributed by atoms with Gasteiger partial charge in [-0.1, -0.05) is 12.5 Å². The number of likely N-dealkylation sites (tertiary alicyclic amines) is 1. The number of piperidine rings is 1. The zero-order chi connectivity index (χ0) is 14.9. The first-order valence-corrected chi connectivity index (χ1v) is 9.29. The molecule has 0 amide bonds. The molecule has 6 heteroatoms. The highest BCUT2D eigenvalue weighted by Gasteiger charge is 2.27. The molecule has 1 aromatic rings. The van der Waals surface area contributed by atoms with E-state index in [1.165, 1.54) is 25.5 Å². The number of nitrogens with zero attached hydrogens (tertiary/aromatic N) is 1. The highest BCUT2D eigenvalue weighted by Crippen LogP contribution is 2.40. The first kappa shape index (κ1) is 14.7. The number of benzene rings is 1. The first-order chi connectivity index (χ1) is 10.1. The highest BCUT2D eigenvalue weighted by atomic mass is 32.2. The molecule has 0 unspecified atom stereocenters. The Labute approximate surface area is 125 Å². The summed E-state index contributed by atoms with van der Waals surface area (Å²) >= 11 is 0. The molecule has 0 aliphatic carbocycles. The predicted octanol–water partition coefficient (Wildman–Crippen LogP) is 1.85. The average Bonchev–Trinajstić information content (AvgIpc) is 2.92. The molecule has 2 aliphatic heterocycles. The van der Waals surface area contributed by atoms with Crippen LogP contribution in [-0.4, -0.2) is 46.0 Å². The van der Waals surface area contributed by atoms with Gasteiger partial charge in [0, 0.05) is 12.8 Å². The molecular formula is C15H21NO4S. The van der Waals surface area contributed by atoms with Crippen LogP contribution in [0.25, 0.3) is 0 Å². The van der Waals surface area contributed by atoms with Crippen LogP contribution in [-0.2, 0) is 16.3 Å². The number of ether oxygens (including phenoxy) is 2. The fourth-order valence-corrected chi connectivity index (χ4v) is 4.20. The molecule has 2 aliphatic rings. The summed E-state index contributed by atoms with van der Waals surface area (Å²) in [6.07, 6.45) is 5.73. The SMILES string of the molecule is CS(=O)(=O)c1c(CCN2CCCCC2)ccc2c1OCO2. The number of rotatable bonds is 4. The van der Waals surface area contributed by atoms with Gasteiger partial charge in [-0.25, -0.2) is 8.42 Å². The summed E-state index contributed by atoms with van der Waals surface area (Å²) in [6, 6.07) is 3.66. The minimum Gasteiger partial charge on any atom is -0.454 e. The van der Waals surface area contributed by atoms with E-state index in [1.54, 1.807) is 0 Å². The maximum Gasteiger partial charge on any atom is 0.231 e. The fourth-order valence-electron chi connectivity index (χ4n) is 3.05. The average molecular weight is 311 g/mol. The Morgan fingerprint density at radius 1 is 1.14 bits per heavy atom. The molecule has 2 heterocycles. The van der Waals surface area contributed by atoms with Gasteiger partial charge in [0.25, 0.3) is 0 Å². The molecule has 21 heavy (non-hydrogen) atoms. The second-order valence-corrected chi connectivity index (χ2v) is 7.66. The van der Waals surface area contributed by atoms with E-state index in [1.807, 2.05) is 12.1 Å². The molecular weight excluding hydrogens is 290 g/mol. The minimum absolute atomic E-state index is 0.0907. The lowest BCUT2D eigenvalue weighted by atomic mass is 10.1. The zero-order valence-electron chi connectivity index (χ0n) is 12.3. The third-order valence-electron chi connectivity index (χ3n) is 4.09. The summed E-state index contributed by atoms with van der Waals surface area (Å²) < 4.78 is 34.9. The summed E-state index contributed by atoms with van der Waals surface area (Å²) in [5.74, 6) is 0.908. The van der Waals surface area contributed by atoms with Crippen molar-refractivity contribution in [1.82, 2.24) is 4.90 Å². The summed E-state index contributed by atoms with van der Waals surface area (Å²) in [6.45, 7) is 3.20. The molecule has 116 valence electrons. The normalized spacial score (nSPS) is 18.9. The van der Waals surface area contributed by atoms with E-state index in [4.69, 9.17) is 9.47 Å². The van der Waals surface area contributed by atoms with E-state index < -0.39 is 9.84 Å². The molecule has 1 saturated heterocycles. The van der Waals surface area contributed by atoms with Crippen LogP contribution in [0.2, 0.25) is 0 Å². The van der Waals surface area contributed by atoms with Crippen LogP contribution in [0.3, 0.4) is 0 Å². The van der Waals surface area contributed by atoms with Gasteiger partial charge in [0.1, 0.15) is 4.90 Å². The Morgan fingerprint density at radius 3 is 2.62 bits per heavy atom. The lowest BCUT2D eigenvalue weighted by Gasteiger charge is -2.26. The van der Waals surface area contributed by atoms with Gasteiger partial charge in [-0.05, 0) is 44.0 Å². The molecule has 0 aromatic heterocycles. The summed E-state index contributed by atoms with van der Waals surface area (Å²) in [5, 5.41) is 0. The summed E-state index contributed by atoms with van der Waals surface area (Å²) in [7, 11) is -3.34. The lowest BCUT2D eigenvalue weighted by Crippen LogP contribution is -2.31. The number of hydrogen-bond acceptors (Lipinski definition) is 5. The third kappa shape index (κ3) is 3.16. The smallest absolute Gasteiger partial charge is 0.231 e. The van der Waals surface area contributed by atoms with Gasteiger partial charge in [-0.2, -0.15) is 0 Å². The van der Waals surface area contributed by atoms with Gasteiger partial charge in [-0.3, -0.25) is 0 Å². The molecule has 0 N–H and O–H groups in total. The van der Waals surface area contributed by atoms with Crippen LogP contribution in [0.1, 0.15) is 24.8 Å². The van der Waals surface area contributed by atoms with Crippen LogP contribution < -0.4 is 9.47 Å². The number of hydrogen-bond donors (Lipinski definition) is 0. The monoisotopic (exact) mass is 311 g/mol. The standard InChI is InChI=1S/C15H21NO4S/c1-21(17,18)15-12(5-6-13-14(15)20-11-19-13)7-10-16-8-3-2-4-9-16/h5-6H,2-4,7-11H2,1H3. The second-order valence-electron chi connectivity index (χ2n) is 5.71.